The smallest absolute Gasteiger partial charge is 0.161 e. The summed E-state index contributed by atoms with van der Waals surface area (Å²) in [6.45, 7) is 1.94. The van der Waals surface area contributed by atoms with E-state index in [1.807, 2.05) is 22.6 Å². The van der Waals surface area contributed by atoms with E-state index < -0.39 is 0 Å². The van der Waals surface area contributed by atoms with Crippen molar-refractivity contribution in [2.75, 3.05) is 20.3 Å². The van der Waals surface area contributed by atoms with Crippen LogP contribution in [-0.4, -0.2) is 34.9 Å². The van der Waals surface area contributed by atoms with Crippen molar-refractivity contribution >= 4 is 16.6 Å². The molecule has 0 saturated carbocycles. The number of benzene rings is 2. The quantitative estimate of drug-likeness (QED) is 0.514. The molecule has 6 heteroatoms. The van der Waals surface area contributed by atoms with E-state index >= 15 is 0 Å². The maximum Gasteiger partial charge on any atom is 0.161 e. The lowest BCUT2D eigenvalue weighted by Gasteiger charge is -2.36. The fourth-order valence-corrected chi connectivity index (χ4v) is 4.10. The Morgan fingerprint density at radius 3 is 2.83 bits per heavy atom. The topological polar surface area (TPSA) is 57.9 Å². The van der Waals surface area contributed by atoms with Gasteiger partial charge in [-0.05, 0) is 52.9 Å². The molecular weight excluding hydrogens is 366 g/mol. The van der Waals surface area contributed by atoms with Crippen LogP contribution in [0.4, 0.5) is 0 Å². The van der Waals surface area contributed by atoms with Gasteiger partial charge in [-0.25, -0.2) is 0 Å². The summed E-state index contributed by atoms with van der Waals surface area (Å²) in [4.78, 5) is 0. The maximum atomic E-state index is 6.12. The number of pyridine rings is 1. The monoisotopic (exact) mass is 389 g/mol. The molecule has 0 amide bonds. The van der Waals surface area contributed by atoms with Crippen LogP contribution in [0, 0.1) is 0 Å². The molecule has 1 saturated heterocycles. The number of hydrogen-bond acceptors (Lipinski definition) is 5. The van der Waals surface area contributed by atoms with Gasteiger partial charge in [0.25, 0.3) is 0 Å². The van der Waals surface area contributed by atoms with E-state index in [-0.39, 0.29) is 5.60 Å². The standard InChI is InChI=1S/C23H23N3O3/c1-27-23(9-11-28-12-10-23)19-3-2-4-20(14-19)29-15-17-5-7-21-18(13-17)6-8-22-25-24-16-26(21)22/h2-8,13-14,16H,9-12,15H2,1H3. The Bertz CT molecular complexity index is 1150. The molecule has 1 aliphatic heterocycles. The van der Waals surface area contributed by atoms with Gasteiger partial charge in [-0.1, -0.05) is 18.2 Å². The van der Waals surface area contributed by atoms with E-state index in [9.17, 15) is 0 Å². The normalized spacial score (nSPS) is 16.3. The highest BCUT2D eigenvalue weighted by Gasteiger charge is 2.34. The first kappa shape index (κ1) is 18.1. The average Bonchev–Trinajstić information content (AvgIpc) is 3.27. The van der Waals surface area contributed by atoms with Gasteiger partial charge in [-0.2, -0.15) is 0 Å². The predicted molar refractivity (Wildman–Crippen MR) is 110 cm³/mol. The van der Waals surface area contributed by atoms with Crippen molar-refractivity contribution in [2.24, 2.45) is 0 Å². The van der Waals surface area contributed by atoms with Crippen LogP contribution in [0.25, 0.3) is 16.6 Å². The first-order valence-corrected chi connectivity index (χ1v) is 9.85. The van der Waals surface area contributed by atoms with Gasteiger partial charge in [-0.3, -0.25) is 4.40 Å². The molecule has 148 valence electrons. The number of ether oxygens (including phenoxy) is 3. The lowest BCUT2D eigenvalue weighted by atomic mass is 9.86. The molecule has 0 radical (unpaired) electrons. The summed E-state index contributed by atoms with van der Waals surface area (Å²) in [5.41, 5.74) is 3.90. The minimum atomic E-state index is -0.287. The summed E-state index contributed by atoms with van der Waals surface area (Å²) in [6, 6.07) is 18.6. The van der Waals surface area contributed by atoms with Crippen molar-refractivity contribution in [1.82, 2.24) is 14.6 Å². The molecule has 0 bridgehead atoms. The number of nitrogens with zero attached hydrogens (tertiary/aromatic N) is 3. The molecule has 0 atom stereocenters. The highest BCUT2D eigenvalue weighted by atomic mass is 16.5. The number of methoxy groups -OCH3 is 1. The molecule has 2 aromatic carbocycles. The van der Waals surface area contributed by atoms with Crippen LogP contribution in [-0.2, 0) is 21.7 Å². The molecule has 0 N–H and O–H groups in total. The average molecular weight is 389 g/mol. The van der Waals surface area contributed by atoms with Gasteiger partial charge in [0.05, 0.1) is 11.1 Å². The van der Waals surface area contributed by atoms with E-state index in [1.165, 1.54) is 0 Å². The largest absolute Gasteiger partial charge is 0.489 e. The molecule has 0 unspecified atom stereocenters. The number of hydrogen-bond donors (Lipinski definition) is 0. The van der Waals surface area contributed by atoms with Gasteiger partial charge in [-0.15, -0.1) is 10.2 Å². The third kappa shape index (κ3) is 3.34. The van der Waals surface area contributed by atoms with Crippen LogP contribution in [0.1, 0.15) is 24.0 Å². The molecule has 5 rings (SSSR count). The molecule has 3 heterocycles. The second-order valence-corrected chi connectivity index (χ2v) is 7.41. The van der Waals surface area contributed by atoms with Crippen molar-refractivity contribution in [3.05, 3.63) is 72.1 Å². The summed E-state index contributed by atoms with van der Waals surface area (Å²) in [5, 5.41) is 9.21. The molecule has 2 aromatic heterocycles. The van der Waals surface area contributed by atoms with E-state index in [1.54, 1.807) is 13.4 Å². The van der Waals surface area contributed by atoms with Crippen LogP contribution < -0.4 is 4.74 Å². The second-order valence-electron chi connectivity index (χ2n) is 7.41. The zero-order valence-corrected chi connectivity index (χ0v) is 16.4. The first-order chi connectivity index (χ1) is 14.3. The van der Waals surface area contributed by atoms with E-state index in [0.29, 0.717) is 6.61 Å². The van der Waals surface area contributed by atoms with Crippen LogP contribution in [0.2, 0.25) is 0 Å². The fraction of sp³-hybridized carbons (Fsp3) is 0.304. The minimum Gasteiger partial charge on any atom is -0.489 e. The Morgan fingerprint density at radius 1 is 1.07 bits per heavy atom. The summed E-state index contributed by atoms with van der Waals surface area (Å²) in [6.07, 6.45) is 3.45. The maximum absolute atomic E-state index is 6.12. The molecule has 0 spiro atoms. The van der Waals surface area contributed by atoms with Gasteiger partial charge in [0.2, 0.25) is 0 Å². The second kappa shape index (κ2) is 7.46. The van der Waals surface area contributed by atoms with Crippen LogP contribution in [0.5, 0.6) is 5.75 Å². The molecular formula is C23H23N3O3. The molecule has 29 heavy (non-hydrogen) atoms. The Morgan fingerprint density at radius 2 is 1.97 bits per heavy atom. The molecule has 1 aliphatic rings. The van der Waals surface area contributed by atoms with Crippen molar-refractivity contribution in [3.63, 3.8) is 0 Å². The minimum absolute atomic E-state index is 0.287. The zero-order valence-electron chi connectivity index (χ0n) is 16.4. The first-order valence-electron chi connectivity index (χ1n) is 9.85. The molecule has 6 nitrogen and oxygen atoms in total. The Balaban J connectivity index is 1.36. The summed E-state index contributed by atoms with van der Waals surface area (Å²) in [5.74, 6) is 0.847. The van der Waals surface area contributed by atoms with Gasteiger partial charge < -0.3 is 14.2 Å². The van der Waals surface area contributed by atoms with Crippen molar-refractivity contribution in [3.8, 4) is 5.75 Å². The van der Waals surface area contributed by atoms with Gasteiger partial charge in [0.15, 0.2) is 5.65 Å². The van der Waals surface area contributed by atoms with Gasteiger partial charge >= 0.3 is 0 Å². The lowest BCUT2D eigenvalue weighted by molar-refractivity contribution is -0.0948. The van der Waals surface area contributed by atoms with Crippen LogP contribution in [0.3, 0.4) is 0 Å². The van der Waals surface area contributed by atoms with Crippen molar-refractivity contribution in [1.29, 1.82) is 0 Å². The number of rotatable bonds is 5. The van der Waals surface area contributed by atoms with Crippen LogP contribution >= 0.6 is 0 Å². The number of aromatic nitrogens is 3. The van der Waals surface area contributed by atoms with Crippen molar-refractivity contribution < 1.29 is 14.2 Å². The SMILES string of the molecule is COC1(c2cccc(OCc3ccc4c(ccc5nncn54)c3)c2)CCOCC1. The van der Waals surface area contributed by atoms with Crippen molar-refractivity contribution in [2.45, 2.75) is 25.0 Å². The lowest BCUT2D eigenvalue weighted by Crippen LogP contribution is -2.35. The summed E-state index contributed by atoms with van der Waals surface area (Å²) >= 11 is 0. The molecule has 1 fully saturated rings. The Labute approximate surface area is 169 Å². The molecule has 0 aliphatic carbocycles. The summed E-state index contributed by atoms with van der Waals surface area (Å²) in [7, 11) is 1.78. The van der Waals surface area contributed by atoms with E-state index in [0.717, 1.165) is 59.5 Å². The van der Waals surface area contributed by atoms with Gasteiger partial charge in [0.1, 0.15) is 18.7 Å². The predicted octanol–water partition coefficient (Wildman–Crippen LogP) is 4.11. The molecule has 4 aromatic rings. The summed E-state index contributed by atoms with van der Waals surface area (Å²) < 4.78 is 19.5. The Hall–Kier alpha value is -2.96. The van der Waals surface area contributed by atoms with Gasteiger partial charge in [0, 0.05) is 33.2 Å². The number of fused-ring (bicyclic) bond motifs is 3. The van der Waals surface area contributed by atoms with E-state index in [2.05, 4.69) is 46.6 Å². The van der Waals surface area contributed by atoms with E-state index in [4.69, 9.17) is 14.2 Å². The van der Waals surface area contributed by atoms with Crippen LogP contribution in [0.15, 0.2) is 60.9 Å². The highest BCUT2D eigenvalue weighted by molar-refractivity contribution is 5.82. The fourth-order valence-electron chi connectivity index (χ4n) is 4.10. The third-order valence-corrected chi connectivity index (χ3v) is 5.79. The Kier molecular flexibility index (Phi) is 4.66. The third-order valence-electron chi connectivity index (χ3n) is 5.79. The zero-order chi connectivity index (χ0) is 19.7. The highest BCUT2D eigenvalue weighted by Crippen LogP contribution is 2.37.